The van der Waals surface area contributed by atoms with Gasteiger partial charge < -0.3 is 10.2 Å². The summed E-state index contributed by atoms with van der Waals surface area (Å²) in [5.41, 5.74) is 1.14. The zero-order valence-corrected chi connectivity index (χ0v) is 11.6. The quantitative estimate of drug-likeness (QED) is 0.899. The van der Waals surface area contributed by atoms with Crippen LogP contribution in [0.4, 0.5) is 4.79 Å². The van der Waals surface area contributed by atoms with E-state index in [-0.39, 0.29) is 6.03 Å². The van der Waals surface area contributed by atoms with Crippen molar-refractivity contribution in [1.82, 2.24) is 15.1 Å². The molecule has 4 nitrogen and oxygen atoms in total. The van der Waals surface area contributed by atoms with Gasteiger partial charge in [0.1, 0.15) is 0 Å². The van der Waals surface area contributed by atoms with Crippen LogP contribution in [0.25, 0.3) is 0 Å². The summed E-state index contributed by atoms with van der Waals surface area (Å²) in [4.78, 5) is 16.4. The lowest BCUT2D eigenvalue weighted by atomic mass is 10.2. The van der Waals surface area contributed by atoms with Crippen LogP contribution >= 0.6 is 0 Å². The predicted octanol–water partition coefficient (Wildman–Crippen LogP) is 1.92. The Bertz CT molecular complexity index is 386. The molecule has 2 rings (SSSR count). The van der Waals surface area contributed by atoms with Crippen LogP contribution in [0.1, 0.15) is 18.9 Å². The van der Waals surface area contributed by atoms with Crippen LogP contribution in [-0.4, -0.2) is 48.6 Å². The molecular weight excluding hydrogens is 238 g/mol. The summed E-state index contributed by atoms with van der Waals surface area (Å²) in [5.74, 6) is 0. The first-order chi connectivity index (χ1) is 9.29. The molecule has 0 aromatic heterocycles. The average Bonchev–Trinajstić information content (AvgIpc) is 2.47. The van der Waals surface area contributed by atoms with Gasteiger partial charge in [0.25, 0.3) is 0 Å². The summed E-state index contributed by atoms with van der Waals surface area (Å²) < 4.78 is 0. The molecule has 0 bridgehead atoms. The summed E-state index contributed by atoms with van der Waals surface area (Å²) in [5, 5.41) is 2.98. The van der Waals surface area contributed by atoms with Gasteiger partial charge in [-0.15, -0.1) is 0 Å². The largest absolute Gasteiger partial charge is 0.334 e. The molecule has 1 aliphatic heterocycles. The van der Waals surface area contributed by atoms with Crippen molar-refractivity contribution in [2.45, 2.75) is 19.9 Å². The maximum Gasteiger partial charge on any atom is 0.317 e. The van der Waals surface area contributed by atoms with Crippen molar-refractivity contribution in [3.63, 3.8) is 0 Å². The van der Waals surface area contributed by atoms with Crippen LogP contribution in [0.3, 0.4) is 0 Å². The smallest absolute Gasteiger partial charge is 0.317 e. The summed E-state index contributed by atoms with van der Waals surface area (Å²) >= 11 is 0. The Balaban J connectivity index is 1.73. The number of piperazine rings is 1. The van der Waals surface area contributed by atoms with Crippen LogP contribution in [0.2, 0.25) is 0 Å². The van der Waals surface area contributed by atoms with E-state index in [1.165, 1.54) is 6.42 Å². The van der Waals surface area contributed by atoms with E-state index in [2.05, 4.69) is 17.1 Å². The van der Waals surface area contributed by atoms with Crippen molar-refractivity contribution >= 4 is 6.03 Å². The van der Waals surface area contributed by atoms with E-state index in [0.29, 0.717) is 6.54 Å². The topological polar surface area (TPSA) is 35.6 Å². The number of hydrogen-bond acceptors (Lipinski definition) is 2. The fraction of sp³-hybridized carbons (Fsp3) is 0.533. The number of nitrogens with zero attached hydrogens (tertiary/aromatic N) is 2. The lowest BCUT2D eigenvalue weighted by Gasteiger charge is -2.34. The molecular formula is C15H23N3O. The molecule has 1 aromatic carbocycles. The van der Waals surface area contributed by atoms with Crippen molar-refractivity contribution in [2.75, 3.05) is 32.7 Å². The highest BCUT2D eigenvalue weighted by Gasteiger charge is 2.19. The molecule has 0 saturated carbocycles. The molecule has 4 heteroatoms. The van der Waals surface area contributed by atoms with Gasteiger partial charge in [-0.25, -0.2) is 4.79 Å². The molecule has 104 valence electrons. The molecule has 0 unspecified atom stereocenters. The molecule has 1 saturated heterocycles. The number of urea groups is 1. The van der Waals surface area contributed by atoms with E-state index >= 15 is 0 Å². The molecule has 0 aliphatic carbocycles. The Morgan fingerprint density at radius 3 is 2.47 bits per heavy atom. The molecule has 1 aromatic rings. The maximum atomic E-state index is 12.0. The van der Waals surface area contributed by atoms with Crippen molar-refractivity contribution in [1.29, 1.82) is 0 Å². The molecule has 19 heavy (non-hydrogen) atoms. The van der Waals surface area contributed by atoms with Gasteiger partial charge in [0, 0.05) is 32.7 Å². The Morgan fingerprint density at radius 2 is 1.84 bits per heavy atom. The van der Waals surface area contributed by atoms with E-state index < -0.39 is 0 Å². The Morgan fingerprint density at radius 1 is 1.16 bits per heavy atom. The standard InChI is InChI=1S/C15H23N3O/c1-2-8-17-9-11-18(12-10-17)15(19)16-13-14-6-4-3-5-7-14/h3-7H,2,8-13H2,1H3,(H,16,19). The van der Waals surface area contributed by atoms with Crippen LogP contribution in [0, 0.1) is 0 Å². The first-order valence-corrected chi connectivity index (χ1v) is 7.08. The number of rotatable bonds is 4. The average molecular weight is 261 g/mol. The van der Waals surface area contributed by atoms with Gasteiger partial charge in [0.05, 0.1) is 0 Å². The van der Waals surface area contributed by atoms with Gasteiger partial charge in [-0.3, -0.25) is 4.90 Å². The lowest BCUT2D eigenvalue weighted by molar-refractivity contribution is 0.139. The Labute approximate surface area is 115 Å². The van der Waals surface area contributed by atoms with E-state index in [1.54, 1.807) is 0 Å². The Hall–Kier alpha value is -1.55. The van der Waals surface area contributed by atoms with E-state index in [0.717, 1.165) is 38.3 Å². The predicted molar refractivity (Wildman–Crippen MR) is 77.0 cm³/mol. The second kappa shape index (κ2) is 7.14. The van der Waals surface area contributed by atoms with Gasteiger partial charge in [-0.1, -0.05) is 37.3 Å². The molecule has 1 aliphatic rings. The van der Waals surface area contributed by atoms with Crippen LogP contribution < -0.4 is 5.32 Å². The molecule has 1 heterocycles. The number of amides is 2. The van der Waals surface area contributed by atoms with Crippen LogP contribution in [0.15, 0.2) is 30.3 Å². The van der Waals surface area contributed by atoms with Gasteiger partial charge >= 0.3 is 6.03 Å². The van der Waals surface area contributed by atoms with Crippen molar-refractivity contribution in [2.24, 2.45) is 0 Å². The second-order valence-corrected chi connectivity index (χ2v) is 4.97. The molecule has 1 fully saturated rings. The minimum absolute atomic E-state index is 0.0556. The minimum Gasteiger partial charge on any atom is -0.334 e. The van der Waals surface area contributed by atoms with Gasteiger partial charge in [-0.05, 0) is 18.5 Å². The van der Waals surface area contributed by atoms with E-state index in [1.807, 2.05) is 35.2 Å². The Kier molecular flexibility index (Phi) is 5.21. The molecule has 0 radical (unpaired) electrons. The number of nitrogens with one attached hydrogen (secondary N) is 1. The summed E-state index contributed by atoms with van der Waals surface area (Å²) in [6.45, 7) is 7.59. The second-order valence-electron chi connectivity index (χ2n) is 4.97. The SMILES string of the molecule is CCCN1CCN(C(=O)NCc2ccccc2)CC1. The first kappa shape index (κ1) is 13.9. The molecule has 1 N–H and O–H groups in total. The third kappa shape index (κ3) is 4.24. The third-order valence-corrected chi connectivity index (χ3v) is 3.49. The number of carbonyl (C=O) groups excluding carboxylic acids is 1. The highest BCUT2D eigenvalue weighted by atomic mass is 16.2. The maximum absolute atomic E-state index is 12.0. The van der Waals surface area contributed by atoms with Gasteiger partial charge in [-0.2, -0.15) is 0 Å². The summed E-state index contributed by atoms with van der Waals surface area (Å²) in [6, 6.07) is 10.1. The molecule has 2 amide bonds. The van der Waals surface area contributed by atoms with E-state index in [9.17, 15) is 4.79 Å². The van der Waals surface area contributed by atoms with Crippen molar-refractivity contribution < 1.29 is 4.79 Å². The molecule has 0 spiro atoms. The zero-order chi connectivity index (χ0) is 13.5. The first-order valence-electron chi connectivity index (χ1n) is 7.08. The third-order valence-electron chi connectivity index (χ3n) is 3.49. The number of carbonyl (C=O) groups is 1. The lowest BCUT2D eigenvalue weighted by Crippen LogP contribution is -2.51. The van der Waals surface area contributed by atoms with Gasteiger partial charge in [0.15, 0.2) is 0 Å². The fourth-order valence-corrected chi connectivity index (χ4v) is 2.38. The van der Waals surface area contributed by atoms with E-state index in [4.69, 9.17) is 0 Å². The summed E-state index contributed by atoms with van der Waals surface area (Å²) in [6.07, 6.45) is 1.18. The fourth-order valence-electron chi connectivity index (χ4n) is 2.38. The van der Waals surface area contributed by atoms with Crippen molar-refractivity contribution in [3.05, 3.63) is 35.9 Å². The number of benzene rings is 1. The normalized spacial score (nSPS) is 16.4. The monoisotopic (exact) mass is 261 g/mol. The van der Waals surface area contributed by atoms with Gasteiger partial charge in [0.2, 0.25) is 0 Å². The van der Waals surface area contributed by atoms with Crippen molar-refractivity contribution in [3.8, 4) is 0 Å². The number of hydrogen-bond donors (Lipinski definition) is 1. The highest BCUT2D eigenvalue weighted by molar-refractivity contribution is 5.74. The zero-order valence-electron chi connectivity index (χ0n) is 11.6. The molecule has 0 atom stereocenters. The highest BCUT2D eigenvalue weighted by Crippen LogP contribution is 2.03. The van der Waals surface area contributed by atoms with Crippen LogP contribution in [0.5, 0.6) is 0 Å². The van der Waals surface area contributed by atoms with Crippen LogP contribution in [-0.2, 0) is 6.54 Å². The minimum atomic E-state index is 0.0556. The summed E-state index contributed by atoms with van der Waals surface area (Å²) in [7, 11) is 0.